The number of aromatic hydroxyl groups is 1. The molecule has 2 N–H and O–H groups in total. The highest BCUT2D eigenvalue weighted by Gasteiger charge is 2.32. The first-order valence-corrected chi connectivity index (χ1v) is 5.74. The molecule has 1 aromatic carbocycles. The first kappa shape index (κ1) is 11.4. The topological polar surface area (TPSA) is 41.5 Å². The van der Waals surface area contributed by atoms with Gasteiger partial charge < -0.3 is 15.2 Å². The Kier molecular flexibility index (Phi) is 3.46. The molecule has 0 radical (unpaired) electrons. The molecule has 0 unspecified atom stereocenters. The van der Waals surface area contributed by atoms with Crippen LogP contribution in [-0.2, 0) is 11.2 Å². The van der Waals surface area contributed by atoms with Crippen molar-refractivity contribution < 1.29 is 9.84 Å². The van der Waals surface area contributed by atoms with Crippen LogP contribution < -0.4 is 5.32 Å². The number of hydrogen-bond acceptors (Lipinski definition) is 3. The van der Waals surface area contributed by atoms with Crippen LogP contribution in [0.15, 0.2) is 24.3 Å². The van der Waals surface area contributed by atoms with Crippen LogP contribution in [0.1, 0.15) is 12.5 Å². The number of ether oxygens (including phenoxy) is 1. The van der Waals surface area contributed by atoms with E-state index in [1.807, 2.05) is 12.1 Å². The lowest BCUT2D eigenvalue weighted by atomic mass is 9.89. The van der Waals surface area contributed by atoms with Gasteiger partial charge in [0.25, 0.3) is 0 Å². The molecule has 0 aromatic heterocycles. The first-order chi connectivity index (χ1) is 7.68. The molecule has 1 heterocycles. The first-order valence-electron chi connectivity index (χ1n) is 5.74. The van der Waals surface area contributed by atoms with Crippen molar-refractivity contribution in [1.82, 2.24) is 5.32 Å². The van der Waals surface area contributed by atoms with E-state index in [2.05, 4.69) is 12.2 Å². The van der Waals surface area contributed by atoms with Gasteiger partial charge in [0.15, 0.2) is 0 Å². The molecular formula is C13H19NO2. The molecule has 0 aliphatic carbocycles. The Morgan fingerprint density at radius 1 is 1.31 bits per heavy atom. The van der Waals surface area contributed by atoms with Gasteiger partial charge in [0, 0.05) is 12.0 Å². The van der Waals surface area contributed by atoms with Crippen molar-refractivity contribution in [3.05, 3.63) is 29.8 Å². The normalized spacial score (nSPS) is 18.1. The predicted molar refractivity (Wildman–Crippen MR) is 63.6 cm³/mol. The zero-order valence-corrected chi connectivity index (χ0v) is 9.70. The summed E-state index contributed by atoms with van der Waals surface area (Å²) in [5.74, 6) is 0.329. The number of hydrogen-bond donors (Lipinski definition) is 2. The van der Waals surface area contributed by atoms with Gasteiger partial charge in [-0.3, -0.25) is 0 Å². The van der Waals surface area contributed by atoms with Crippen LogP contribution in [0.4, 0.5) is 0 Å². The van der Waals surface area contributed by atoms with Crippen molar-refractivity contribution >= 4 is 0 Å². The van der Waals surface area contributed by atoms with E-state index in [4.69, 9.17) is 9.84 Å². The molecule has 1 fully saturated rings. The second-order valence-corrected chi connectivity index (χ2v) is 4.90. The SMILES string of the molecule is CC1(CNCCc2ccc(O)cc2)COC1. The Labute approximate surface area is 96.4 Å². The maximum absolute atomic E-state index is 9.14. The Hall–Kier alpha value is -1.06. The average molecular weight is 221 g/mol. The summed E-state index contributed by atoms with van der Waals surface area (Å²) in [6.07, 6.45) is 0.997. The minimum atomic E-state index is 0.329. The van der Waals surface area contributed by atoms with Gasteiger partial charge in [-0.15, -0.1) is 0 Å². The third-order valence-corrected chi connectivity index (χ3v) is 2.98. The van der Waals surface area contributed by atoms with Gasteiger partial charge in [-0.25, -0.2) is 0 Å². The van der Waals surface area contributed by atoms with Crippen molar-refractivity contribution in [1.29, 1.82) is 0 Å². The lowest BCUT2D eigenvalue weighted by Crippen LogP contribution is -2.47. The molecule has 1 aromatic rings. The summed E-state index contributed by atoms with van der Waals surface area (Å²) in [6, 6.07) is 7.39. The largest absolute Gasteiger partial charge is 0.508 e. The zero-order chi connectivity index (χ0) is 11.4. The van der Waals surface area contributed by atoms with Crippen LogP contribution in [-0.4, -0.2) is 31.4 Å². The van der Waals surface area contributed by atoms with Gasteiger partial charge in [0.1, 0.15) is 5.75 Å². The van der Waals surface area contributed by atoms with Crippen molar-refractivity contribution in [2.75, 3.05) is 26.3 Å². The minimum absolute atomic E-state index is 0.329. The van der Waals surface area contributed by atoms with Crippen molar-refractivity contribution in [2.45, 2.75) is 13.3 Å². The van der Waals surface area contributed by atoms with E-state index in [1.54, 1.807) is 12.1 Å². The molecule has 0 spiro atoms. The second kappa shape index (κ2) is 4.85. The third-order valence-electron chi connectivity index (χ3n) is 2.98. The highest BCUT2D eigenvalue weighted by Crippen LogP contribution is 2.24. The van der Waals surface area contributed by atoms with Crippen LogP contribution in [0.3, 0.4) is 0 Å². The fourth-order valence-corrected chi connectivity index (χ4v) is 1.84. The fourth-order valence-electron chi connectivity index (χ4n) is 1.84. The number of rotatable bonds is 5. The molecular weight excluding hydrogens is 202 g/mol. The van der Waals surface area contributed by atoms with Gasteiger partial charge in [0.2, 0.25) is 0 Å². The Morgan fingerprint density at radius 3 is 2.56 bits per heavy atom. The van der Waals surface area contributed by atoms with E-state index in [1.165, 1.54) is 5.56 Å². The van der Waals surface area contributed by atoms with Gasteiger partial charge in [-0.1, -0.05) is 19.1 Å². The lowest BCUT2D eigenvalue weighted by molar-refractivity contribution is -0.0988. The van der Waals surface area contributed by atoms with E-state index < -0.39 is 0 Å². The molecule has 88 valence electrons. The van der Waals surface area contributed by atoms with Crippen LogP contribution in [0.2, 0.25) is 0 Å². The van der Waals surface area contributed by atoms with E-state index in [9.17, 15) is 0 Å². The van der Waals surface area contributed by atoms with Gasteiger partial charge in [0.05, 0.1) is 13.2 Å². The fraction of sp³-hybridized carbons (Fsp3) is 0.538. The molecule has 0 amide bonds. The number of phenols is 1. The van der Waals surface area contributed by atoms with Crippen molar-refractivity contribution in [2.24, 2.45) is 5.41 Å². The summed E-state index contributed by atoms with van der Waals surface area (Å²) in [5.41, 5.74) is 1.59. The Bertz CT molecular complexity index is 330. The maximum atomic E-state index is 9.14. The van der Waals surface area contributed by atoms with E-state index in [0.29, 0.717) is 11.2 Å². The highest BCUT2D eigenvalue weighted by molar-refractivity contribution is 5.25. The molecule has 16 heavy (non-hydrogen) atoms. The van der Waals surface area contributed by atoms with Crippen LogP contribution in [0, 0.1) is 5.41 Å². The molecule has 2 rings (SSSR count). The monoisotopic (exact) mass is 221 g/mol. The Balaban J connectivity index is 1.66. The highest BCUT2D eigenvalue weighted by atomic mass is 16.5. The predicted octanol–water partition coefficient (Wildman–Crippen LogP) is 1.56. The molecule has 0 saturated carbocycles. The summed E-state index contributed by atoms with van der Waals surface area (Å²) in [7, 11) is 0. The zero-order valence-electron chi connectivity index (χ0n) is 9.70. The van der Waals surface area contributed by atoms with Crippen LogP contribution >= 0.6 is 0 Å². The van der Waals surface area contributed by atoms with Gasteiger partial charge in [-0.05, 0) is 30.7 Å². The van der Waals surface area contributed by atoms with Crippen molar-refractivity contribution in [3.63, 3.8) is 0 Å². The molecule has 3 nitrogen and oxygen atoms in total. The van der Waals surface area contributed by atoms with Crippen molar-refractivity contribution in [3.8, 4) is 5.75 Å². The summed E-state index contributed by atoms with van der Waals surface area (Å²) in [5, 5.41) is 12.6. The van der Waals surface area contributed by atoms with E-state index in [0.717, 1.165) is 32.7 Å². The number of benzene rings is 1. The van der Waals surface area contributed by atoms with Crippen LogP contribution in [0.25, 0.3) is 0 Å². The standard InChI is InChI=1S/C13H19NO2/c1-13(9-16-10-13)8-14-7-6-11-2-4-12(15)5-3-11/h2-5,14-15H,6-10H2,1H3. The number of nitrogens with one attached hydrogen (secondary N) is 1. The number of phenolic OH excluding ortho intramolecular Hbond substituents is 1. The summed E-state index contributed by atoms with van der Waals surface area (Å²) >= 11 is 0. The van der Waals surface area contributed by atoms with Gasteiger partial charge >= 0.3 is 0 Å². The summed E-state index contributed by atoms with van der Waals surface area (Å²) < 4.78 is 5.20. The van der Waals surface area contributed by atoms with Crippen LogP contribution in [0.5, 0.6) is 5.75 Å². The Morgan fingerprint density at radius 2 is 2.00 bits per heavy atom. The molecule has 1 aliphatic rings. The third kappa shape index (κ3) is 2.97. The summed E-state index contributed by atoms with van der Waals surface area (Å²) in [6.45, 7) is 5.98. The second-order valence-electron chi connectivity index (χ2n) is 4.90. The molecule has 3 heteroatoms. The lowest BCUT2D eigenvalue weighted by Gasteiger charge is -2.38. The summed E-state index contributed by atoms with van der Waals surface area (Å²) in [4.78, 5) is 0. The average Bonchev–Trinajstić information content (AvgIpc) is 2.24. The quantitative estimate of drug-likeness (QED) is 0.741. The minimum Gasteiger partial charge on any atom is -0.508 e. The smallest absolute Gasteiger partial charge is 0.115 e. The van der Waals surface area contributed by atoms with Gasteiger partial charge in [-0.2, -0.15) is 0 Å². The molecule has 0 atom stereocenters. The molecule has 0 bridgehead atoms. The maximum Gasteiger partial charge on any atom is 0.115 e. The molecule has 1 saturated heterocycles. The van der Waals surface area contributed by atoms with E-state index >= 15 is 0 Å². The molecule has 1 aliphatic heterocycles. The van der Waals surface area contributed by atoms with E-state index in [-0.39, 0.29) is 0 Å².